The van der Waals surface area contributed by atoms with Crippen molar-refractivity contribution in [3.05, 3.63) is 35.9 Å². The highest BCUT2D eigenvalue weighted by atomic mass is 16.5. The lowest BCUT2D eigenvalue weighted by atomic mass is 9.85. The van der Waals surface area contributed by atoms with E-state index in [1.165, 1.54) is 0 Å². The predicted octanol–water partition coefficient (Wildman–Crippen LogP) is 2.13. The molecular formula is C23H33N3O5. The molecule has 0 radical (unpaired) electrons. The monoisotopic (exact) mass is 431 g/mol. The van der Waals surface area contributed by atoms with Gasteiger partial charge in [0.1, 0.15) is 25.5 Å². The Balaban J connectivity index is 1.93. The second-order valence-corrected chi connectivity index (χ2v) is 9.23. The van der Waals surface area contributed by atoms with Gasteiger partial charge in [0, 0.05) is 6.54 Å². The normalized spacial score (nSPS) is 21.8. The summed E-state index contributed by atoms with van der Waals surface area (Å²) in [6, 6.07) is 7.21. The van der Waals surface area contributed by atoms with Gasteiger partial charge in [-0.25, -0.2) is 4.79 Å². The van der Waals surface area contributed by atoms with Gasteiger partial charge in [-0.05, 0) is 22.8 Å². The van der Waals surface area contributed by atoms with Crippen molar-refractivity contribution in [2.45, 2.75) is 53.3 Å². The van der Waals surface area contributed by atoms with Crippen LogP contribution < -0.4 is 10.6 Å². The number of rotatable bonds is 7. The number of nitrogens with zero attached hydrogens (tertiary/aromatic N) is 1. The molecule has 0 spiro atoms. The number of urea groups is 1. The van der Waals surface area contributed by atoms with Crippen LogP contribution in [0.15, 0.2) is 30.3 Å². The zero-order valence-corrected chi connectivity index (χ0v) is 18.9. The van der Waals surface area contributed by atoms with Crippen LogP contribution in [0.2, 0.25) is 0 Å². The minimum Gasteiger partial charge on any atom is -0.460 e. The Bertz CT molecular complexity index is 790. The summed E-state index contributed by atoms with van der Waals surface area (Å²) in [6.45, 7) is 9.72. The molecule has 0 saturated carbocycles. The molecule has 2 rings (SSSR count). The van der Waals surface area contributed by atoms with Gasteiger partial charge in [-0.2, -0.15) is 0 Å². The first-order valence-electron chi connectivity index (χ1n) is 10.5. The van der Waals surface area contributed by atoms with Crippen LogP contribution >= 0.6 is 0 Å². The number of carbonyl (C=O) groups excluding carboxylic acids is 4. The van der Waals surface area contributed by atoms with Crippen LogP contribution in [0.4, 0.5) is 4.79 Å². The predicted molar refractivity (Wildman–Crippen MR) is 116 cm³/mol. The number of hydrogen-bond donors (Lipinski definition) is 2. The molecule has 3 unspecified atom stereocenters. The first-order chi connectivity index (χ1) is 14.5. The lowest BCUT2D eigenvalue weighted by Gasteiger charge is -2.35. The van der Waals surface area contributed by atoms with Crippen LogP contribution in [0.25, 0.3) is 0 Å². The Hall–Kier alpha value is -2.90. The van der Waals surface area contributed by atoms with E-state index in [1.807, 2.05) is 65.0 Å². The molecule has 1 aromatic rings. The largest absolute Gasteiger partial charge is 0.460 e. The first kappa shape index (κ1) is 24.4. The fraction of sp³-hybridized carbons (Fsp3) is 0.565. The molecule has 0 aliphatic carbocycles. The third-order valence-electron chi connectivity index (χ3n) is 5.73. The van der Waals surface area contributed by atoms with E-state index in [-0.39, 0.29) is 30.9 Å². The van der Waals surface area contributed by atoms with Gasteiger partial charge in [0.25, 0.3) is 0 Å². The Kier molecular flexibility index (Phi) is 8.19. The van der Waals surface area contributed by atoms with Gasteiger partial charge < -0.3 is 25.1 Å². The number of nitrogens with one attached hydrogen (secondary N) is 2. The summed E-state index contributed by atoms with van der Waals surface area (Å²) in [5.74, 6) is -0.647. The standard InChI is InChI=1S/C23H33N3O5/c1-15-12-26(18(13-27)16(15)2)21(29)20(23(3,4)5)25-22(30)24-11-19(28)31-14-17-9-7-6-8-10-17/h6-10,13,15-16,18,20H,11-12,14H2,1-5H3,(H2,24,25,30)/t15?,16-,18?,20?/m0/s1. The number of ether oxygens (including phenoxy) is 1. The second kappa shape index (κ2) is 10.4. The maximum Gasteiger partial charge on any atom is 0.325 e. The third-order valence-corrected chi connectivity index (χ3v) is 5.73. The average molecular weight is 432 g/mol. The van der Waals surface area contributed by atoms with Crippen LogP contribution in [-0.2, 0) is 25.7 Å². The zero-order chi connectivity index (χ0) is 23.2. The minimum atomic E-state index is -0.854. The SMILES string of the molecule is CC1CN(C(=O)C(NC(=O)NCC(=O)OCc2ccccc2)C(C)(C)C)C(C=O)[C@H]1C. The molecule has 8 heteroatoms. The summed E-state index contributed by atoms with van der Waals surface area (Å²) in [4.78, 5) is 50.7. The van der Waals surface area contributed by atoms with Gasteiger partial charge >= 0.3 is 12.0 Å². The van der Waals surface area contributed by atoms with Crippen LogP contribution in [0, 0.1) is 17.3 Å². The summed E-state index contributed by atoms with van der Waals surface area (Å²) < 4.78 is 5.14. The highest BCUT2D eigenvalue weighted by Gasteiger charge is 2.44. The van der Waals surface area contributed by atoms with Crippen LogP contribution in [0.3, 0.4) is 0 Å². The van der Waals surface area contributed by atoms with Crippen molar-refractivity contribution in [3.63, 3.8) is 0 Å². The number of esters is 1. The fourth-order valence-electron chi connectivity index (χ4n) is 3.59. The smallest absolute Gasteiger partial charge is 0.325 e. The lowest BCUT2D eigenvalue weighted by molar-refractivity contribution is -0.143. The van der Waals surface area contributed by atoms with Crippen LogP contribution in [0.5, 0.6) is 0 Å². The van der Waals surface area contributed by atoms with Gasteiger partial charge in [-0.1, -0.05) is 65.0 Å². The van der Waals surface area contributed by atoms with Crippen molar-refractivity contribution in [2.24, 2.45) is 17.3 Å². The van der Waals surface area contributed by atoms with Crippen molar-refractivity contribution < 1.29 is 23.9 Å². The summed E-state index contributed by atoms with van der Waals surface area (Å²) in [6.07, 6.45) is 0.800. The second-order valence-electron chi connectivity index (χ2n) is 9.23. The zero-order valence-electron chi connectivity index (χ0n) is 18.9. The highest BCUT2D eigenvalue weighted by Crippen LogP contribution is 2.31. The van der Waals surface area contributed by atoms with E-state index in [9.17, 15) is 19.2 Å². The summed E-state index contributed by atoms with van der Waals surface area (Å²) >= 11 is 0. The van der Waals surface area contributed by atoms with Crippen molar-refractivity contribution in [3.8, 4) is 0 Å². The lowest BCUT2D eigenvalue weighted by Crippen LogP contribution is -2.58. The molecule has 0 bridgehead atoms. The molecule has 1 saturated heterocycles. The summed E-state index contributed by atoms with van der Waals surface area (Å²) in [5, 5.41) is 5.12. The van der Waals surface area contributed by atoms with E-state index < -0.39 is 29.5 Å². The third kappa shape index (κ3) is 6.54. The maximum absolute atomic E-state index is 13.2. The van der Waals surface area contributed by atoms with Gasteiger partial charge in [-0.3, -0.25) is 9.59 Å². The van der Waals surface area contributed by atoms with Crippen molar-refractivity contribution in [1.29, 1.82) is 0 Å². The average Bonchev–Trinajstić information content (AvgIpc) is 3.02. The molecule has 1 aliphatic rings. The first-order valence-corrected chi connectivity index (χ1v) is 10.5. The Morgan fingerprint density at radius 1 is 1.19 bits per heavy atom. The number of carbonyl (C=O) groups is 4. The Labute approximate surface area is 183 Å². The molecule has 1 heterocycles. The van der Waals surface area contributed by atoms with E-state index in [4.69, 9.17) is 4.74 Å². The Morgan fingerprint density at radius 2 is 1.84 bits per heavy atom. The van der Waals surface area contributed by atoms with Gasteiger partial charge in [-0.15, -0.1) is 0 Å². The fourth-order valence-corrected chi connectivity index (χ4v) is 3.59. The van der Waals surface area contributed by atoms with E-state index in [1.54, 1.807) is 4.90 Å². The highest BCUT2D eigenvalue weighted by molar-refractivity contribution is 5.90. The van der Waals surface area contributed by atoms with Crippen molar-refractivity contribution in [1.82, 2.24) is 15.5 Å². The molecule has 1 aromatic carbocycles. The summed E-state index contributed by atoms with van der Waals surface area (Å²) in [5.41, 5.74) is 0.252. The number of aldehydes is 1. The topological polar surface area (TPSA) is 105 Å². The molecule has 31 heavy (non-hydrogen) atoms. The molecule has 0 aromatic heterocycles. The van der Waals surface area contributed by atoms with E-state index in [0.717, 1.165) is 11.8 Å². The number of amides is 3. The quantitative estimate of drug-likeness (QED) is 0.508. The Morgan fingerprint density at radius 3 is 2.42 bits per heavy atom. The molecule has 8 nitrogen and oxygen atoms in total. The van der Waals surface area contributed by atoms with Crippen LogP contribution in [-0.4, -0.2) is 54.3 Å². The molecule has 2 N–H and O–H groups in total. The number of benzene rings is 1. The van der Waals surface area contributed by atoms with E-state index >= 15 is 0 Å². The van der Waals surface area contributed by atoms with Crippen molar-refractivity contribution in [2.75, 3.05) is 13.1 Å². The number of likely N-dealkylation sites (tertiary alicyclic amines) is 1. The van der Waals surface area contributed by atoms with Gasteiger partial charge in [0.05, 0.1) is 6.04 Å². The number of hydrogen-bond acceptors (Lipinski definition) is 5. The van der Waals surface area contributed by atoms with E-state index in [0.29, 0.717) is 6.54 Å². The van der Waals surface area contributed by atoms with Crippen LogP contribution in [0.1, 0.15) is 40.2 Å². The van der Waals surface area contributed by atoms with E-state index in [2.05, 4.69) is 10.6 Å². The molecular weight excluding hydrogens is 398 g/mol. The molecule has 1 aliphatic heterocycles. The summed E-state index contributed by atoms with van der Waals surface area (Å²) in [7, 11) is 0. The molecule has 4 atom stereocenters. The molecule has 3 amide bonds. The molecule has 170 valence electrons. The maximum atomic E-state index is 13.2. The minimum absolute atomic E-state index is 0.0512. The van der Waals surface area contributed by atoms with Gasteiger partial charge in [0.2, 0.25) is 5.91 Å². The molecule has 1 fully saturated rings. The van der Waals surface area contributed by atoms with Gasteiger partial charge in [0.15, 0.2) is 0 Å². The van der Waals surface area contributed by atoms with Crippen molar-refractivity contribution >= 4 is 24.2 Å².